The van der Waals surface area contributed by atoms with E-state index in [1.54, 1.807) is 0 Å². The van der Waals surface area contributed by atoms with Gasteiger partial charge in [-0.3, -0.25) is 14.3 Å². The van der Waals surface area contributed by atoms with E-state index in [2.05, 4.69) is 0 Å². The van der Waals surface area contributed by atoms with Crippen molar-refractivity contribution in [1.29, 1.82) is 0 Å². The third-order valence-corrected chi connectivity index (χ3v) is 2.93. The number of halogens is 1. The van der Waals surface area contributed by atoms with E-state index >= 15 is 0 Å². The lowest BCUT2D eigenvalue weighted by Gasteiger charge is -2.14. The minimum absolute atomic E-state index is 0.0485. The molecular formula is C11H13FN2O5. The maximum Gasteiger partial charge on any atom is 0.330 e. The van der Waals surface area contributed by atoms with Crippen molar-refractivity contribution in [2.24, 2.45) is 0 Å². The van der Waals surface area contributed by atoms with Gasteiger partial charge in [-0.2, -0.15) is 0 Å². The number of nitrogens with zero attached hydrogens (tertiary/aromatic N) is 1. The molecule has 1 aromatic heterocycles. The number of H-pyrrole nitrogens is 1. The first-order chi connectivity index (χ1) is 9.06. The maximum atomic E-state index is 12.1. The van der Waals surface area contributed by atoms with Crippen molar-refractivity contribution in [3.63, 3.8) is 0 Å². The topological polar surface area (TPSA) is 105 Å². The van der Waals surface area contributed by atoms with Gasteiger partial charge >= 0.3 is 5.69 Å². The first-order valence-corrected chi connectivity index (χ1v) is 5.63. The Labute approximate surface area is 106 Å². The van der Waals surface area contributed by atoms with Gasteiger partial charge in [0.25, 0.3) is 5.56 Å². The summed E-state index contributed by atoms with van der Waals surface area (Å²) in [5.74, 6) is 0. The van der Waals surface area contributed by atoms with E-state index in [9.17, 15) is 19.1 Å². The second-order valence-electron chi connectivity index (χ2n) is 4.16. The SMILES string of the molecule is O=c1[nH]c(=O)n([C@H]2C[C@H](O)[C@@H](CO)O2)cc1/C=C\F. The molecule has 0 bridgehead atoms. The summed E-state index contributed by atoms with van der Waals surface area (Å²) in [5.41, 5.74) is -1.49. The van der Waals surface area contributed by atoms with Gasteiger partial charge in [-0.1, -0.05) is 0 Å². The van der Waals surface area contributed by atoms with Crippen molar-refractivity contribution < 1.29 is 19.3 Å². The Morgan fingerprint density at radius 3 is 2.89 bits per heavy atom. The Hall–Kier alpha value is -1.77. The van der Waals surface area contributed by atoms with Crippen LogP contribution >= 0.6 is 0 Å². The zero-order chi connectivity index (χ0) is 14.0. The van der Waals surface area contributed by atoms with E-state index < -0.39 is 29.7 Å². The van der Waals surface area contributed by atoms with Gasteiger partial charge in [-0.15, -0.1) is 0 Å². The molecular weight excluding hydrogens is 259 g/mol. The molecule has 0 aromatic carbocycles. The molecule has 1 aromatic rings. The zero-order valence-corrected chi connectivity index (χ0v) is 9.82. The fourth-order valence-electron chi connectivity index (χ4n) is 1.95. The van der Waals surface area contributed by atoms with Crippen molar-refractivity contribution in [3.05, 3.63) is 38.9 Å². The predicted octanol–water partition coefficient (Wildman–Crippen LogP) is -0.883. The van der Waals surface area contributed by atoms with E-state index in [-0.39, 0.29) is 24.9 Å². The fourth-order valence-corrected chi connectivity index (χ4v) is 1.95. The molecule has 3 atom stereocenters. The Bertz CT molecular complexity index is 593. The van der Waals surface area contributed by atoms with Gasteiger partial charge < -0.3 is 14.9 Å². The lowest BCUT2D eigenvalue weighted by atomic mass is 10.2. The largest absolute Gasteiger partial charge is 0.394 e. The highest BCUT2D eigenvalue weighted by Crippen LogP contribution is 2.27. The molecule has 1 aliphatic rings. The minimum Gasteiger partial charge on any atom is -0.394 e. The number of aliphatic hydroxyl groups is 2. The quantitative estimate of drug-likeness (QED) is 0.662. The summed E-state index contributed by atoms with van der Waals surface area (Å²) in [6.45, 7) is -0.382. The van der Waals surface area contributed by atoms with Crippen molar-refractivity contribution >= 4 is 6.08 Å². The monoisotopic (exact) mass is 272 g/mol. The van der Waals surface area contributed by atoms with Crippen LogP contribution in [0.25, 0.3) is 6.08 Å². The normalized spacial score (nSPS) is 27.2. The summed E-state index contributed by atoms with van der Waals surface area (Å²) in [6, 6.07) is 0. The third-order valence-electron chi connectivity index (χ3n) is 2.93. The van der Waals surface area contributed by atoms with Crippen molar-refractivity contribution in [2.45, 2.75) is 24.9 Å². The Kier molecular flexibility index (Phi) is 3.93. The molecule has 0 amide bonds. The highest BCUT2D eigenvalue weighted by molar-refractivity contribution is 5.44. The third kappa shape index (κ3) is 2.65. The molecule has 1 saturated heterocycles. The van der Waals surface area contributed by atoms with Crippen molar-refractivity contribution in [1.82, 2.24) is 9.55 Å². The van der Waals surface area contributed by atoms with Gasteiger partial charge in [0.2, 0.25) is 0 Å². The second kappa shape index (κ2) is 5.47. The van der Waals surface area contributed by atoms with Crippen LogP contribution in [0.15, 0.2) is 22.1 Å². The van der Waals surface area contributed by atoms with Gasteiger partial charge in [-0.25, -0.2) is 9.18 Å². The number of nitrogens with one attached hydrogen (secondary N) is 1. The van der Waals surface area contributed by atoms with Crippen LogP contribution in [0.5, 0.6) is 0 Å². The van der Waals surface area contributed by atoms with Gasteiger partial charge in [0.05, 0.1) is 24.6 Å². The van der Waals surface area contributed by atoms with Crippen LogP contribution in [0.4, 0.5) is 4.39 Å². The number of aliphatic hydroxyl groups excluding tert-OH is 2. The summed E-state index contributed by atoms with van der Waals surface area (Å²) in [5, 5.41) is 18.6. The van der Waals surface area contributed by atoms with Gasteiger partial charge in [0, 0.05) is 12.6 Å². The first-order valence-electron chi connectivity index (χ1n) is 5.63. The molecule has 2 heterocycles. The highest BCUT2D eigenvalue weighted by atomic mass is 19.1. The average Bonchev–Trinajstić information content (AvgIpc) is 2.74. The van der Waals surface area contributed by atoms with E-state index in [1.807, 2.05) is 4.98 Å². The molecule has 0 aliphatic carbocycles. The van der Waals surface area contributed by atoms with Crippen LogP contribution in [0.1, 0.15) is 18.2 Å². The smallest absolute Gasteiger partial charge is 0.330 e. The number of rotatable bonds is 3. The summed E-state index contributed by atoms with van der Waals surface area (Å²) in [4.78, 5) is 25.0. The van der Waals surface area contributed by atoms with Crippen molar-refractivity contribution in [2.75, 3.05) is 6.61 Å². The number of ether oxygens (including phenoxy) is 1. The van der Waals surface area contributed by atoms with E-state index in [4.69, 9.17) is 9.84 Å². The van der Waals surface area contributed by atoms with Gasteiger partial charge in [0.15, 0.2) is 0 Å². The fraction of sp³-hybridized carbons (Fsp3) is 0.455. The molecule has 8 heteroatoms. The number of hydrogen-bond donors (Lipinski definition) is 3. The number of hydrogen-bond acceptors (Lipinski definition) is 5. The first kappa shape index (κ1) is 13.7. The summed E-state index contributed by atoms with van der Waals surface area (Å²) < 4.78 is 18.5. The van der Waals surface area contributed by atoms with Crippen LogP contribution < -0.4 is 11.2 Å². The Morgan fingerprint density at radius 2 is 2.32 bits per heavy atom. The van der Waals surface area contributed by atoms with Gasteiger partial charge in [-0.05, 0) is 6.08 Å². The molecule has 0 radical (unpaired) electrons. The van der Waals surface area contributed by atoms with Gasteiger partial charge in [0.1, 0.15) is 12.3 Å². The molecule has 19 heavy (non-hydrogen) atoms. The van der Waals surface area contributed by atoms with Crippen molar-refractivity contribution in [3.8, 4) is 0 Å². The minimum atomic E-state index is -0.908. The van der Waals surface area contributed by atoms with Crippen LogP contribution in [0, 0.1) is 0 Å². The number of aromatic amines is 1. The van der Waals surface area contributed by atoms with E-state index in [0.29, 0.717) is 0 Å². The molecule has 1 fully saturated rings. The zero-order valence-electron chi connectivity index (χ0n) is 9.82. The highest BCUT2D eigenvalue weighted by Gasteiger charge is 2.35. The summed E-state index contributed by atoms with van der Waals surface area (Å²) in [7, 11) is 0. The van der Waals surface area contributed by atoms with Crippen LogP contribution in [-0.2, 0) is 4.74 Å². The molecule has 0 unspecified atom stereocenters. The van der Waals surface area contributed by atoms with E-state index in [0.717, 1.165) is 16.8 Å². The lowest BCUT2D eigenvalue weighted by molar-refractivity contribution is -0.0459. The molecule has 7 nitrogen and oxygen atoms in total. The molecule has 104 valence electrons. The molecule has 0 saturated carbocycles. The van der Waals surface area contributed by atoms with Crippen LogP contribution in [-0.4, -0.2) is 38.6 Å². The maximum absolute atomic E-state index is 12.1. The molecule has 1 aliphatic heterocycles. The Morgan fingerprint density at radius 1 is 1.58 bits per heavy atom. The average molecular weight is 272 g/mol. The molecule has 3 N–H and O–H groups in total. The molecule has 2 rings (SSSR count). The van der Waals surface area contributed by atoms with Crippen LogP contribution in [0.3, 0.4) is 0 Å². The Balaban J connectivity index is 2.38. The summed E-state index contributed by atoms with van der Waals surface area (Å²) >= 11 is 0. The number of aromatic nitrogens is 2. The standard InChI is InChI=1S/C11H13FN2O5/c12-2-1-6-4-14(11(18)13-10(6)17)9-3-7(16)8(5-15)19-9/h1-2,4,7-9,15-16H,3,5H2,(H,13,17,18)/b2-1-/t7-,8+,9+/m0/s1. The summed E-state index contributed by atoms with van der Waals surface area (Å²) in [6.07, 6.45) is -0.185. The second-order valence-corrected chi connectivity index (χ2v) is 4.16. The molecule has 0 spiro atoms. The van der Waals surface area contributed by atoms with Crippen LogP contribution in [0.2, 0.25) is 0 Å². The van der Waals surface area contributed by atoms with E-state index in [1.165, 1.54) is 0 Å². The predicted molar refractivity (Wildman–Crippen MR) is 63.1 cm³/mol. The lowest BCUT2D eigenvalue weighted by Crippen LogP contribution is -2.33.